The number of aromatic nitrogens is 1. The summed E-state index contributed by atoms with van der Waals surface area (Å²) in [6.45, 7) is 2.62. The van der Waals surface area contributed by atoms with Crippen molar-refractivity contribution in [3.05, 3.63) is 52.1 Å². The van der Waals surface area contributed by atoms with Crippen LogP contribution < -0.4 is 15.4 Å². The molecule has 2 N–H and O–H groups in total. The van der Waals surface area contributed by atoms with E-state index in [1.54, 1.807) is 13.3 Å². The molecular formula is C15H16BrN3OS. The second kappa shape index (κ2) is 7.38. The Morgan fingerprint density at radius 3 is 2.67 bits per heavy atom. The zero-order valence-electron chi connectivity index (χ0n) is 11.8. The number of hydrogen-bond donors (Lipinski definition) is 2. The van der Waals surface area contributed by atoms with E-state index in [9.17, 15) is 0 Å². The molecule has 0 amide bonds. The third kappa shape index (κ3) is 4.68. The number of nitrogens with one attached hydrogen (secondary N) is 2. The first-order valence-corrected chi connectivity index (χ1v) is 7.58. The van der Waals surface area contributed by atoms with Crippen molar-refractivity contribution >= 4 is 39.1 Å². The number of halogens is 1. The molecule has 2 aromatic rings. The maximum atomic E-state index is 5.28. The Labute approximate surface area is 138 Å². The topological polar surface area (TPSA) is 46.2 Å². The van der Waals surface area contributed by atoms with E-state index < -0.39 is 0 Å². The van der Waals surface area contributed by atoms with Gasteiger partial charge in [-0.2, -0.15) is 0 Å². The summed E-state index contributed by atoms with van der Waals surface area (Å²) in [5.74, 6) is 1.60. The maximum Gasteiger partial charge on any atom is 0.172 e. The largest absolute Gasteiger partial charge is 0.497 e. The molecule has 110 valence electrons. The summed E-state index contributed by atoms with van der Waals surface area (Å²) in [7, 11) is 1.65. The molecule has 0 atom stereocenters. The van der Waals surface area contributed by atoms with Gasteiger partial charge in [-0.1, -0.05) is 12.1 Å². The lowest BCUT2D eigenvalue weighted by Gasteiger charge is -2.12. The number of methoxy groups -OCH3 is 1. The summed E-state index contributed by atoms with van der Waals surface area (Å²) in [5, 5.41) is 6.79. The van der Waals surface area contributed by atoms with Gasteiger partial charge in [0.15, 0.2) is 5.11 Å². The minimum Gasteiger partial charge on any atom is -0.497 e. The van der Waals surface area contributed by atoms with Gasteiger partial charge in [-0.25, -0.2) is 4.98 Å². The molecule has 2 rings (SSSR count). The van der Waals surface area contributed by atoms with Crippen LogP contribution in [0.2, 0.25) is 0 Å². The van der Waals surface area contributed by atoms with Crippen LogP contribution in [0.1, 0.15) is 11.1 Å². The Kier molecular flexibility index (Phi) is 5.52. The van der Waals surface area contributed by atoms with Crippen molar-refractivity contribution in [3.63, 3.8) is 0 Å². The molecule has 1 heterocycles. The Morgan fingerprint density at radius 1 is 1.33 bits per heavy atom. The van der Waals surface area contributed by atoms with Gasteiger partial charge in [-0.3, -0.25) is 0 Å². The van der Waals surface area contributed by atoms with Gasteiger partial charge in [0.2, 0.25) is 0 Å². The van der Waals surface area contributed by atoms with Crippen LogP contribution in [0.25, 0.3) is 0 Å². The lowest BCUT2D eigenvalue weighted by molar-refractivity contribution is 0.414. The standard InChI is InChI=1S/C15H16BrN3OS/c1-10-7-12(16)9-17-14(10)19-15(21)18-8-11-3-5-13(20-2)6-4-11/h3-7,9H,8H2,1-2H3,(H2,17,18,19,21). The normalized spacial score (nSPS) is 10.0. The molecule has 0 radical (unpaired) electrons. The SMILES string of the molecule is COc1ccc(CNC(=S)Nc2ncc(Br)cc2C)cc1. The van der Waals surface area contributed by atoms with Crippen molar-refractivity contribution in [1.29, 1.82) is 0 Å². The van der Waals surface area contributed by atoms with Crippen molar-refractivity contribution in [3.8, 4) is 5.75 Å². The first kappa shape index (κ1) is 15.7. The molecule has 0 fully saturated rings. The Morgan fingerprint density at radius 2 is 2.05 bits per heavy atom. The van der Waals surface area contributed by atoms with E-state index in [4.69, 9.17) is 17.0 Å². The van der Waals surface area contributed by atoms with Gasteiger partial charge in [0, 0.05) is 17.2 Å². The van der Waals surface area contributed by atoms with E-state index in [-0.39, 0.29) is 0 Å². The summed E-state index contributed by atoms with van der Waals surface area (Å²) in [5.41, 5.74) is 2.15. The highest BCUT2D eigenvalue weighted by Crippen LogP contribution is 2.16. The highest BCUT2D eigenvalue weighted by atomic mass is 79.9. The fourth-order valence-corrected chi connectivity index (χ4v) is 2.36. The fourth-order valence-electron chi connectivity index (χ4n) is 1.75. The average Bonchev–Trinajstić information content (AvgIpc) is 2.48. The average molecular weight is 366 g/mol. The van der Waals surface area contributed by atoms with E-state index >= 15 is 0 Å². The number of pyridine rings is 1. The van der Waals surface area contributed by atoms with Crippen LogP contribution >= 0.6 is 28.1 Å². The van der Waals surface area contributed by atoms with E-state index in [0.717, 1.165) is 27.2 Å². The van der Waals surface area contributed by atoms with Gasteiger partial charge >= 0.3 is 0 Å². The number of ether oxygens (including phenoxy) is 1. The Bertz CT molecular complexity index is 631. The Balaban J connectivity index is 1.89. The predicted octanol–water partition coefficient (Wildman–Crippen LogP) is 3.65. The van der Waals surface area contributed by atoms with Crippen LogP contribution in [-0.4, -0.2) is 17.2 Å². The predicted molar refractivity (Wildman–Crippen MR) is 92.7 cm³/mol. The summed E-state index contributed by atoms with van der Waals surface area (Å²) in [4.78, 5) is 4.29. The molecule has 0 aliphatic rings. The number of nitrogens with zero attached hydrogens (tertiary/aromatic N) is 1. The van der Waals surface area contributed by atoms with Crippen LogP contribution in [0.4, 0.5) is 5.82 Å². The second-order valence-electron chi connectivity index (χ2n) is 4.47. The fraction of sp³-hybridized carbons (Fsp3) is 0.200. The van der Waals surface area contributed by atoms with Gasteiger partial charge in [-0.05, 0) is 64.4 Å². The lowest BCUT2D eigenvalue weighted by atomic mass is 10.2. The van der Waals surface area contributed by atoms with Crippen LogP contribution in [0, 0.1) is 6.92 Å². The zero-order valence-corrected chi connectivity index (χ0v) is 14.2. The molecule has 21 heavy (non-hydrogen) atoms. The van der Waals surface area contributed by atoms with Crippen LogP contribution in [-0.2, 0) is 6.54 Å². The molecule has 0 aliphatic heterocycles. The van der Waals surface area contributed by atoms with E-state index in [2.05, 4.69) is 31.5 Å². The number of anilines is 1. The van der Waals surface area contributed by atoms with E-state index in [0.29, 0.717) is 11.7 Å². The lowest BCUT2D eigenvalue weighted by Crippen LogP contribution is -2.28. The van der Waals surface area contributed by atoms with Gasteiger partial charge in [0.05, 0.1) is 7.11 Å². The molecule has 0 aliphatic carbocycles. The van der Waals surface area contributed by atoms with Crippen molar-refractivity contribution < 1.29 is 4.74 Å². The highest BCUT2D eigenvalue weighted by molar-refractivity contribution is 9.10. The summed E-state index contributed by atoms with van der Waals surface area (Å²) in [6, 6.07) is 9.83. The van der Waals surface area contributed by atoms with Crippen molar-refractivity contribution in [2.24, 2.45) is 0 Å². The summed E-state index contributed by atoms with van der Waals surface area (Å²) >= 11 is 8.66. The van der Waals surface area contributed by atoms with E-state index in [1.807, 2.05) is 37.3 Å². The van der Waals surface area contributed by atoms with Crippen molar-refractivity contribution in [2.45, 2.75) is 13.5 Å². The van der Waals surface area contributed by atoms with Crippen LogP contribution in [0.5, 0.6) is 5.75 Å². The molecule has 6 heteroatoms. The maximum absolute atomic E-state index is 5.28. The smallest absolute Gasteiger partial charge is 0.172 e. The first-order chi connectivity index (χ1) is 10.1. The molecule has 0 saturated heterocycles. The molecule has 0 unspecified atom stereocenters. The third-order valence-electron chi connectivity index (χ3n) is 2.89. The molecule has 1 aromatic carbocycles. The molecule has 0 bridgehead atoms. The van der Waals surface area contributed by atoms with Gasteiger partial charge in [0.1, 0.15) is 11.6 Å². The molecule has 1 aromatic heterocycles. The van der Waals surface area contributed by atoms with Gasteiger partial charge in [0.25, 0.3) is 0 Å². The van der Waals surface area contributed by atoms with Crippen molar-refractivity contribution in [1.82, 2.24) is 10.3 Å². The van der Waals surface area contributed by atoms with Crippen LogP contribution in [0.3, 0.4) is 0 Å². The minimum atomic E-state index is 0.545. The quantitative estimate of drug-likeness (QED) is 0.809. The molecule has 4 nitrogen and oxygen atoms in total. The second-order valence-corrected chi connectivity index (χ2v) is 5.80. The monoisotopic (exact) mass is 365 g/mol. The minimum absolute atomic E-state index is 0.545. The molecular weight excluding hydrogens is 350 g/mol. The number of rotatable bonds is 4. The molecule has 0 saturated carbocycles. The Hall–Kier alpha value is -1.66. The number of hydrogen-bond acceptors (Lipinski definition) is 3. The van der Waals surface area contributed by atoms with E-state index in [1.165, 1.54) is 0 Å². The summed E-state index contributed by atoms with van der Waals surface area (Å²) < 4.78 is 6.07. The third-order valence-corrected chi connectivity index (χ3v) is 3.57. The number of benzene rings is 1. The van der Waals surface area contributed by atoms with Gasteiger partial charge in [-0.15, -0.1) is 0 Å². The van der Waals surface area contributed by atoms with Gasteiger partial charge < -0.3 is 15.4 Å². The molecule has 0 spiro atoms. The first-order valence-electron chi connectivity index (χ1n) is 6.38. The van der Waals surface area contributed by atoms with Crippen LogP contribution in [0.15, 0.2) is 41.0 Å². The highest BCUT2D eigenvalue weighted by Gasteiger charge is 2.03. The summed E-state index contributed by atoms with van der Waals surface area (Å²) in [6.07, 6.45) is 1.74. The van der Waals surface area contributed by atoms with Crippen molar-refractivity contribution in [2.75, 3.05) is 12.4 Å². The zero-order chi connectivity index (χ0) is 15.2. The number of aryl methyl sites for hydroxylation is 1. The number of thiocarbonyl (C=S) groups is 1.